The summed E-state index contributed by atoms with van der Waals surface area (Å²) in [6.07, 6.45) is 3.66. The van der Waals surface area contributed by atoms with Crippen molar-refractivity contribution in [3.8, 4) is 0 Å². The number of rotatable bonds is 2. The summed E-state index contributed by atoms with van der Waals surface area (Å²) in [6, 6.07) is 0. The fourth-order valence-electron chi connectivity index (χ4n) is 2.31. The van der Waals surface area contributed by atoms with Crippen molar-refractivity contribution in [2.24, 2.45) is 0 Å². The molecule has 0 radical (unpaired) electrons. The number of nitrogens with one attached hydrogen (secondary N) is 1. The highest BCUT2D eigenvalue weighted by Crippen LogP contribution is 2.39. The molecule has 16 heavy (non-hydrogen) atoms. The van der Waals surface area contributed by atoms with Gasteiger partial charge in [-0.3, -0.25) is 4.68 Å². The van der Waals surface area contributed by atoms with Gasteiger partial charge in [-0.05, 0) is 55.2 Å². The summed E-state index contributed by atoms with van der Waals surface area (Å²) in [6.45, 7) is 4.34. The number of halogens is 2. The maximum Gasteiger partial charge on any atom is 0.154 e. The summed E-state index contributed by atoms with van der Waals surface area (Å²) in [5, 5.41) is 7.43. The number of hydrogen-bond donors (Lipinski definition) is 1. The van der Waals surface area contributed by atoms with Gasteiger partial charge in [0.15, 0.2) is 5.67 Å². The predicted octanol–water partition coefficient (Wildman–Crippen LogP) is 2.60. The van der Waals surface area contributed by atoms with E-state index in [2.05, 4.69) is 26.3 Å². The molecule has 0 bridgehead atoms. The van der Waals surface area contributed by atoms with Gasteiger partial charge in [0.25, 0.3) is 0 Å². The molecule has 1 atom stereocenters. The highest BCUT2D eigenvalue weighted by molar-refractivity contribution is 9.10. The molecule has 0 aliphatic carbocycles. The summed E-state index contributed by atoms with van der Waals surface area (Å²) >= 11 is 3.41. The quantitative estimate of drug-likeness (QED) is 0.907. The first-order chi connectivity index (χ1) is 7.67. The van der Waals surface area contributed by atoms with E-state index in [1.807, 2.05) is 6.92 Å². The van der Waals surface area contributed by atoms with Gasteiger partial charge in [0.1, 0.15) is 0 Å². The lowest BCUT2D eigenvalue weighted by Gasteiger charge is -2.24. The predicted molar refractivity (Wildman–Crippen MR) is 65.1 cm³/mol. The second-order valence-electron chi connectivity index (χ2n) is 4.23. The van der Waals surface area contributed by atoms with Crippen LogP contribution in [0.15, 0.2) is 10.7 Å². The third kappa shape index (κ3) is 2.15. The number of aryl methyl sites for hydroxylation is 1. The third-order valence-corrected chi connectivity index (χ3v) is 3.72. The zero-order valence-corrected chi connectivity index (χ0v) is 11.1. The van der Waals surface area contributed by atoms with E-state index in [4.69, 9.17) is 0 Å². The molecule has 1 aromatic rings. The first-order valence-electron chi connectivity index (χ1n) is 5.79. The molecule has 1 saturated heterocycles. The summed E-state index contributed by atoms with van der Waals surface area (Å²) in [5.74, 6) is 0. The number of hydrogen-bond acceptors (Lipinski definition) is 2. The third-order valence-electron chi connectivity index (χ3n) is 3.14. The summed E-state index contributed by atoms with van der Waals surface area (Å²) in [5.41, 5.74) is -0.534. The van der Waals surface area contributed by atoms with E-state index in [1.54, 1.807) is 10.9 Å². The van der Waals surface area contributed by atoms with Crippen molar-refractivity contribution in [3.05, 3.63) is 16.4 Å². The van der Waals surface area contributed by atoms with Crippen molar-refractivity contribution in [2.75, 3.05) is 13.1 Å². The molecule has 1 unspecified atom stereocenters. The lowest BCUT2D eigenvalue weighted by Crippen LogP contribution is -2.26. The van der Waals surface area contributed by atoms with Crippen LogP contribution in [0.1, 0.15) is 31.9 Å². The molecular weight excluding hydrogens is 273 g/mol. The van der Waals surface area contributed by atoms with Crippen LogP contribution in [0.4, 0.5) is 4.39 Å². The fraction of sp³-hybridized carbons (Fsp3) is 0.727. The maximum atomic E-state index is 15.0. The molecular formula is C11H17BrFN3. The number of aromatic nitrogens is 2. The Bertz CT molecular complexity index is 356. The zero-order valence-electron chi connectivity index (χ0n) is 9.47. The lowest BCUT2D eigenvalue weighted by atomic mass is 9.93. The van der Waals surface area contributed by atoms with E-state index in [1.165, 1.54) is 0 Å². The van der Waals surface area contributed by atoms with E-state index in [0.29, 0.717) is 25.1 Å². The van der Waals surface area contributed by atoms with Crippen LogP contribution in [0.3, 0.4) is 0 Å². The largest absolute Gasteiger partial charge is 0.317 e. The van der Waals surface area contributed by atoms with E-state index in [0.717, 1.165) is 24.0 Å². The Morgan fingerprint density at radius 3 is 3.12 bits per heavy atom. The van der Waals surface area contributed by atoms with E-state index < -0.39 is 5.67 Å². The van der Waals surface area contributed by atoms with Gasteiger partial charge in [0, 0.05) is 6.54 Å². The number of alkyl halides is 1. The van der Waals surface area contributed by atoms with Crippen LogP contribution in [0.2, 0.25) is 0 Å². The monoisotopic (exact) mass is 289 g/mol. The Labute approximate surface area is 104 Å². The standard InChI is InChI=1S/C11H17BrFN3/c1-2-16-10(9(12)8-15-16)11(13)4-3-6-14-7-5-11/h8,14H,2-7H2,1H3. The zero-order chi connectivity index (χ0) is 11.6. The Hall–Kier alpha value is -0.420. The van der Waals surface area contributed by atoms with Gasteiger partial charge in [-0.2, -0.15) is 5.10 Å². The van der Waals surface area contributed by atoms with E-state index >= 15 is 0 Å². The van der Waals surface area contributed by atoms with Crippen LogP contribution < -0.4 is 5.32 Å². The molecule has 0 spiro atoms. The van der Waals surface area contributed by atoms with Crippen LogP contribution in [0, 0.1) is 0 Å². The molecule has 1 fully saturated rings. The second kappa shape index (κ2) is 4.84. The van der Waals surface area contributed by atoms with Gasteiger partial charge in [-0.25, -0.2) is 4.39 Å². The molecule has 5 heteroatoms. The molecule has 1 aromatic heterocycles. The Morgan fingerprint density at radius 1 is 1.56 bits per heavy atom. The smallest absolute Gasteiger partial charge is 0.154 e. The van der Waals surface area contributed by atoms with Gasteiger partial charge < -0.3 is 5.32 Å². The molecule has 1 aliphatic rings. The molecule has 0 aromatic carbocycles. The van der Waals surface area contributed by atoms with E-state index in [-0.39, 0.29) is 0 Å². The van der Waals surface area contributed by atoms with Crippen molar-refractivity contribution >= 4 is 15.9 Å². The van der Waals surface area contributed by atoms with Crippen molar-refractivity contribution in [1.82, 2.24) is 15.1 Å². The first-order valence-corrected chi connectivity index (χ1v) is 6.58. The second-order valence-corrected chi connectivity index (χ2v) is 5.08. The molecule has 3 nitrogen and oxygen atoms in total. The Morgan fingerprint density at radius 2 is 2.38 bits per heavy atom. The van der Waals surface area contributed by atoms with Crippen molar-refractivity contribution in [3.63, 3.8) is 0 Å². The van der Waals surface area contributed by atoms with Crippen LogP contribution in [-0.4, -0.2) is 22.9 Å². The fourth-order valence-corrected chi connectivity index (χ4v) is 2.97. The average Bonchev–Trinajstić information content (AvgIpc) is 2.51. The highest BCUT2D eigenvalue weighted by atomic mass is 79.9. The molecule has 90 valence electrons. The van der Waals surface area contributed by atoms with Crippen molar-refractivity contribution < 1.29 is 4.39 Å². The lowest BCUT2D eigenvalue weighted by molar-refractivity contribution is 0.130. The highest BCUT2D eigenvalue weighted by Gasteiger charge is 2.37. The summed E-state index contributed by atoms with van der Waals surface area (Å²) in [4.78, 5) is 0. The van der Waals surface area contributed by atoms with Crippen molar-refractivity contribution in [1.29, 1.82) is 0 Å². The summed E-state index contributed by atoms with van der Waals surface area (Å²) in [7, 11) is 0. The average molecular weight is 290 g/mol. The minimum absolute atomic E-state index is 0.525. The molecule has 2 heterocycles. The van der Waals surface area contributed by atoms with Gasteiger partial charge in [-0.15, -0.1) is 0 Å². The summed E-state index contributed by atoms with van der Waals surface area (Å²) < 4.78 is 17.5. The molecule has 0 amide bonds. The van der Waals surface area contributed by atoms with Crippen molar-refractivity contribution in [2.45, 2.75) is 38.4 Å². The number of nitrogens with zero attached hydrogens (tertiary/aromatic N) is 2. The van der Waals surface area contributed by atoms with E-state index in [9.17, 15) is 4.39 Å². The minimum atomic E-state index is -1.24. The normalized spacial score (nSPS) is 26.7. The van der Waals surface area contributed by atoms with Crippen LogP contribution in [-0.2, 0) is 12.2 Å². The molecule has 0 saturated carbocycles. The minimum Gasteiger partial charge on any atom is -0.317 e. The van der Waals surface area contributed by atoms with Gasteiger partial charge in [0.2, 0.25) is 0 Å². The van der Waals surface area contributed by atoms with Gasteiger partial charge in [0.05, 0.1) is 16.4 Å². The van der Waals surface area contributed by atoms with Crippen LogP contribution >= 0.6 is 15.9 Å². The van der Waals surface area contributed by atoms with Gasteiger partial charge in [-0.1, -0.05) is 0 Å². The Balaban J connectivity index is 2.35. The molecule has 2 rings (SSSR count). The Kier molecular flexibility index (Phi) is 3.64. The van der Waals surface area contributed by atoms with Gasteiger partial charge >= 0.3 is 0 Å². The van der Waals surface area contributed by atoms with Crippen LogP contribution in [0.25, 0.3) is 0 Å². The molecule has 1 aliphatic heterocycles. The SMILES string of the molecule is CCn1ncc(Br)c1C1(F)CCCNCC1. The molecule has 1 N–H and O–H groups in total. The topological polar surface area (TPSA) is 29.9 Å². The van der Waals surface area contributed by atoms with Crippen LogP contribution in [0.5, 0.6) is 0 Å². The maximum absolute atomic E-state index is 15.0. The first kappa shape index (κ1) is 12.0.